The second-order valence-corrected chi connectivity index (χ2v) is 1.33. The van der Waals surface area contributed by atoms with Crippen molar-refractivity contribution in [2.24, 2.45) is 0 Å². The first kappa shape index (κ1) is 5.03. The molecule has 1 heterocycles. The molecule has 0 spiro atoms. The first-order valence-corrected chi connectivity index (χ1v) is 2.09. The van der Waals surface area contributed by atoms with Crippen molar-refractivity contribution in [3.8, 4) is 0 Å². The van der Waals surface area contributed by atoms with Gasteiger partial charge in [0.05, 0.1) is 0 Å². The molecule has 1 radical (unpaired) electrons. The molecule has 1 atom stereocenters. The Hall–Kier alpha value is -1.12. The van der Waals surface area contributed by atoms with E-state index in [0.717, 1.165) is 0 Å². The van der Waals surface area contributed by atoms with E-state index in [9.17, 15) is 9.59 Å². The van der Waals surface area contributed by atoms with Crippen LogP contribution in [0, 0.1) is 0 Å². The minimum absolute atomic E-state index is 0.474. The van der Waals surface area contributed by atoms with Crippen molar-refractivity contribution < 1.29 is 14.3 Å². The van der Waals surface area contributed by atoms with E-state index in [2.05, 4.69) is 4.74 Å². The molecule has 0 amide bonds. The summed E-state index contributed by atoms with van der Waals surface area (Å²) in [5.74, 6) is -0.474. The molecule has 0 fully saturated rings. The fourth-order valence-corrected chi connectivity index (χ4v) is 0.433. The molecule has 0 saturated carbocycles. The number of ether oxygens (including phenoxy) is 1. The van der Waals surface area contributed by atoms with Gasteiger partial charge in [-0.2, -0.15) is 0 Å². The number of hydrogen-bond acceptors (Lipinski definition) is 3. The number of esters is 1. The Balaban J connectivity index is 2.58. The average molecular weight is 111 g/mol. The Morgan fingerprint density at radius 2 is 2.50 bits per heavy atom. The third-order valence-corrected chi connectivity index (χ3v) is 0.766. The molecule has 0 aliphatic carbocycles. The van der Waals surface area contributed by atoms with Crippen LogP contribution >= 0.6 is 0 Å². The van der Waals surface area contributed by atoms with Crippen molar-refractivity contribution in [3.63, 3.8) is 0 Å². The largest absolute Gasteiger partial charge is 0.446 e. The van der Waals surface area contributed by atoms with Gasteiger partial charge in [0, 0.05) is 6.08 Å². The van der Waals surface area contributed by atoms with E-state index in [0.29, 0.717) is 0 Å². The Morgan fingerprint density at radius 3 is 2.75 bits per heavy atom. The zero-order chi connectivity index (χ0) is 5.98. The summed E-state index contributed by atoms with van der Waals surface area (Å²) in [5.41, 5.74) is 0. The van der Waals surface area contributed by atoms with Crippen molar-refractivity contribution >= 4 is 12.3 Å². The Labute approximate surface area is 45.9 Å². The highest BCUT2D eigenvalue weighted by Gasteiger charge is 2.14. The molecule has 1 aliphatic heterocycles. The van der Waals surface area contributed by atoms with Gasteiger partial charge in [0.2, 0.25) is 6.29 Å². The van der Waals surface area contributed by atoms with Gasteiger partial charge in [-0.05, 0) is 6.08 Å². The summed E-state index contributed by atoms with van der Waals surface area (Å²) in [7, 11) is 0. The van der Waals surface area contributed by atoms with Crippen LogP contribution in [-0.4, -0.2) is 18.4 Å². The fraction of sp³-hybridized carbons (Fsp3) is 0.200. The maximum Gasteiger partial charge on any atom is 0.331 e. The number of rotatable bonds is 1. The molecule has 0 aromatic rings. The molecular weight excluding hydrogens is 108 g/mol. The van der Waals surface area contributed by atoms with Gasteiger partial charge in [-0.25, -0.2) is 4.79 Å². The van der Waals surface area contributed by atoms with Crippen molar-refractivity contribution in [2.45, 2.75) is 6.10 Å². The second kappa shape index (κ2) is 1.78. The first-order chi connectivity index (χ1) is 3.83. The summed E-state index contributed by atoms with van der Waals surface area (Å²) < 4.78 is 4.34. The van der Waals surface area contributed by atoms with Gasteiger partial charge in [-0.1, -0.05) is 0 Å². The van der Waals surface area contributed by atoms with Crippen molar-refractivity contribution in [1.82, 2.24) is 0 Å². The predicted octanol–water partition coefficient (Wildman–Crippen LogP) is -0.422. The lowest BCUT2D eigenvalue weighted by molar-refractivity contribution is -0.136. The van der Waals surface area contributed by atoms with Crippen LogP contribution in [0.4, 0.5) is 0 Å². The van der Waals surface area contributed by atoms with E-state index >= 15 is 0 Å². The highest BCUT2D eigenvalue weighted by atomic mass is 16.5. The SMILES string of the molecule is O=[C]C1C=CC(=O)O1. The van der Waals surface area contributed by atoms with Gasteiger partial charge in [-0.3, -0.25) is 4.79 Å². The van der Waals surface area contributed by atoms with Crippen molar-refractivity contribution in [1.29, 1.82) is 0 Å². The van der Waals surface area contributed by atoms with Crippen LogP contribution in [0.5, 0.6) is 0 Å². The lowest BCUT2D eigenvalue weighted by Gasteiger charge is -1.93. The molecule has 1 rings (SSSR count). The van der Waals surface area contributed by atoms with Crippen LogP contribution < -0.4 is 0 Å². The van der Waals surface area contributed by atoms with Gasteiger partial charge in [0.15, 0.2) is 6.10 Å². The van der Waals surface area contributed by atoms with E-state index in [4.69, 9.17) is 0 Å². The number of cyclic esters (lactones) is 1. The lowest BCUT2D eigenvalue weighted by Crippen LogP contribution is -2.07. The molecule has 0 N–H and O–H groups in total. The van der Waals surface area contributed by atoms with Crippen LogP contribution in [0.15, 0.2) is 12.2 Å². The van der Waals surface area contributed by atoms with Crippen LogP contribution in [0.3, 0.4) is 0 Å². The van der Waals surface area contributed by atoms with Crippen LogP contribution in [0.25, 0.3) is 0 Å². The molecule has 41 valence electrons. The van der Waals surface area contributed by atoms with Crippen molar-refractivity contribution in [3.05, 3.63) is 12.2 Å². The van der Waals surface area contributed by atoms with E-state index in [1.165, 1.54) is 18.4 Å². The molecule has 0 saturated heterocycles. The highest BCUT2D eigenvalue weighted by Crippen LogP contribution is 2.00. The monoisotopic (exact) mass is 111 g/mol. The maximum atomic E-state index is 10.1. The van der Waals surface area contributed by atoms with Crippen LogP contribution in [0.2, 0.25) is 0 Å². The highest BCUT2D eigenvalue weighted by molar-refractivity contribution is 5.87. The van der Waals surface area contributed by atoms with Crippen molar-refractivity contribution in [2.75, 3.05) is 0 Å². The zero-order valence-corrected chi connectivity index (χ0v) is 3.96. The second-order valence-electron chi connectivity index (χ2n) is 1.33. The summed E-state index contributed by atoms with van der Waals surface area (Å²) in [5, 5.41) is 0. The summed E-state index contributed by atoms with van der Waals surface area (Å²) in [6, 6.07) is 0. The van der Waals surface area contributed by atoms with E-state index in [1.807, 2.05) is 0 Å². The van der Waals surface area contributed by atoms with E-state index < -0.39 is 12.1 Å². The van der Waals surface area contributed by atoms with Gasteiger partial charge in [-0.15, -0.1) is 0 Å². The minimum Gasteiger partial charge on any atom is -0.446 e. The maximum absolute atomic E-state index is 10.1. The van der Waals surface area contributed by atoms with E-state index in [1.54, 1.807) is 0 Å². The normalized spacial score (nSPS) is 25.5. The molecule has 0 aromatic heterocycles. The molecule has 3 nitrogen and oxygen atoms in total. The van der Waals surface area contributed by atoms with Crippen LogP contribution in [-0.2, 0) is 14.3 Å². The van der Waals surface area contributed by atoms with Crippen LogP contribution in [0.1, 0.15) is 0 Å². The molecule has 0 bridgehead atoms. The average Bonchev–Trinajstić information content (AvgIpc) is 2.14. The molecule has 1 aliphatic rings. The first-order valence-electron chi connectivity index (χ1n) is 2.09. The Morgan fingerprint density at radius 1 is 1.75 bits per heavy atom. The summed E-state index contributed by atoms with van der Waals surface area (Å²) in [6.07, 6.45) is 3.31. The number of carbonyl (C=O) groups excluding carboxylic acids is 2. The molecule has 0 aromatic carbocycles. The minimum atomic E-state index is -0.762. The summed E-state index contributed by atoms with van der Waals surface area (Å²) >= 11 is 0. The zero-order valence-electron chi connectivity index (χ0n) is 3.96. The third-order valence-electron chi connectivity index (χ3n) is 0.766. The smallest absolute Gasteiger partial charge is 0.331 e. The summed E-state index contributed by atoms with van der Waals surface area (Å²) in [4.78, 5) is 19.8. The molecule has 1 unspecified atom stereocenters. The molecule has 8 heavy (non-hydrogen) atoms. The topological polar surface area (TPSA) is 43.4 Å². The molecule has 3 heteroatoms. The number of carbonyl (C=O) groups is 1. The fourth-order valence-electron chi connectivity index (χ4n) is 0.433. The van der Waals surface area contributed by atoms with Gasteiger partial charge < -0.3 is 4.74 Å². The molecular formula is C5H3O3. The lowest BCUT2D eigenvalue weighted by atomic mass is 10.4. The Bertz CT molecular complexity index is 148. The Kier molecular flexibility index (Phi) is 1.12. The quantitative estimate of drug-likeness (QED) is 0.431. The number of hydrogen-bond donors (Lipinski definition) is 0. The predicted molar refractivity (Wildman–Crippen MR) is 24.7 cm³/mol. The third kappa shape index (κ3) is 0.753. The van der Waals surface area contributed by atoms with Gasteiger partial charge in [0.1, 0.15) is 0 Å². The van der Waals surface area contributed by atoms with Gasteiger partial charge >= 0.3 is 5.97 Å². The summed E-state index contributed by atoms with van der Waals surface area (Å²) in [6.45, 7) is 0. The van der Waals surface area contributed by atoms with Gasteiger partial charge in [0.25, 0.3) is 0 Å². The standard InChI is InChI=1S/C5H3O3/c6-3-4-1-2-5(7)8-4/h1-2,4H. The van der Waals surface area contributed by atoms with E-state index in [-0.39, 0.29) is 0 Å².